The first-order chi connectivity index (χ1) is 4.27. The van der Waals surface area contributed by atoms with Gasteiger partial charge in [0, 0.05) is 6.42 Å². The van der Waals surface area contributed by atoms with Gasteiger partial charge >= 0.3 is 5.97 Å². The minimum absolute atomic E-state index is 0.151. The van der Waals surface area contributed by atoms with Crippen molar-refractivity contribution in [3.8, 4) is 12.3 Å². The van der Waals surface area contributed by atoms with Gasteiger partial charge in [-0.2, -0.15) is 0 Å². The summed E-state index contributed by atoms with van der Waals surface area (Å²) in [4.78, 5) is 9.88. The van der Waals surface area contributed by atoms with Crippen LogP contribution in [0.4, 0.5) is 0 Å². The smallest absolute Gasteiger partial charge is 0.303 e. The first-order valence-electron chi connectivity index (χ1n) is 2.60. The lowest BCUT2D eigenvalue weighted by Crippen LogP contribution is -1.91. The number of hydrogen-bond acceptors (Lipinski definition) is 1. The normalized spacial score (nSPS) is 9.22. The Balaban J connectivity index is 3.22. The summed E-state index contributed by atoms with van der Waals surface area (Å²) in [6.07, 6.45) is 8.69. The highest BCUT2D eigenvalue weighted by atomic mass is 16.4. The van der Waals surface area contributed by atoms with Crippen molar-refractivity contribution >= 4 is 5.97 Å². The van der Waals surface area contributed by atoms with Crippen molar-refractivity contribution in [3.63, 3.8) is 0 Å². The first-order valence-corrected chi connectivity index (χ1v) is 2.60. The van der Waals surface area contributed by atoms with E-state index in [1.165, 1.54) is 6.08 Å². The Bertz CT molecular complexity index is 151. The quantitative estimate of drug-likeness (QED) is 0.571. The van der Waals surface area contributed by atoms with Crippen molar-refractivity contribution in [1.29, 1.82) is 0 Å². The molecule has 0 aromatic carbocycles. The minimum Gasteiger partial charge on any atom is -0.481 e. The molecule has 0 aliphatic carbocycles. The van der Waals surface area contributed by atoms with Gasteiger partial charge in [-0.3, -0.25) is 4.79 Å². The Hall–Kier alpha value is -1.23. The van der Waals surface area contributed by atoms with Crippen LogP contribution in [0.15, 0.2) is 12.2 Å². The molecule has 0 rings (SSSR count). The van der Waals surface area contributed by atoms with Gasteiger partial charge in [0.1, 0.15) is 0 Å². The lowest BCUT2D eigenvalue weighted by Gasteiger charge is -1.83. The van der Waals surface area contributed by atoms with Crippen LogP contribution in [-0.2, 0) is 4.79 Å². The van der Waals surface area contributed by atoms with Crippen molar-refractivity contribution in [3.05, 3.63) is 12.2 Å². The van der Waals surface area contributed by atoms with Gasteiger partial charge in [-0.25, -0.2) is 0 Å². The van der Waals surface area contributed by atoms with Gasteiger partial charge in [0.15, 0.2) is 0 Å². The molecule has 0 aliphatic rings. The second kappa shape index (κ2) is 4.92. The van der Waals surface area contributed by atoms with Crippen LogP contribution >= 0.6 is 0 Å². The van der Waals surface area contributed by atoms with E-state index in [1.807, 2.05) is 0 Å². The van der Waals surface area contributed by atoms with Crippen LogP contribution in [0.3, 0.4) is 0 Å². The topological polar surface area (TPSA) is 37.3 Å². The summed E-state index contributed by atoms with van der Waals surface area (Å²) in [5.74, 6) is 1.47. The number of allylic oxidation sites excluding steroid dienone is 2. The Labute approximate surface area is 54.2 Å². The Morgan fingerprint density at radius 3 is 2.89 bits per heavy atom. The average Bonchev–Trinajstić information content (AvgIpc) is 1.80. The summed E-state index contributed by atoms with van der Waals surface area (Å²) in [6.45, 7) is 0. The molecule has 0 spiro atoms. The van der Waals surface area contributed by atoms with Gasteiger partial charge in [-0.15, -0.1) is 6.42 Å². The SMILES string of the molecule is C#CC=CCCC(=O)O. The summed E-state index contributed by atoms with van der Waals surface area (Å²) >= 11 is 0. The van der Waals surface area contributed by atoms with E-state index < -0.39 is 5.97 Å². The highest BCUT2D eigenvalue weighted by Crippen LogP contribution is 1.88. The molecule has 0 heterocycles. The zero-order valence-electron chi connectivity index (χ0n) is 5.00. The van der Waals surface area contributed by atoms with Crippen LogP contribution in [0.1, 0.15) is 12.8 Å². The van der Waals surface area contributed by atoms with E-state index in [0.717, 1.165) is 0 Å². The molecule has 0 bridgehead atoms. The fraction of sp³-hybridized carbons (Fsp3) is 0.286. The van der Waals surface area contributed by atoms with Crippen molar-refractivity contribution in [2.75, 3.05) is 0 Å². The van der Waals surface area contributed by atoms with Gasteiger partial charge < -0.3 is 5.11 Å². The molecule has 1 N–H and O–H groups in total. The van der Waals surface area contributed by atoms with E-state index in [9.17, 15) is 4.79 Å². The second-order valence-corrected chi connectivity index (χ2v) is 1.50. The molecule has 0 aromatic heterocycles. The number of carbonyl (C=O) groups is 1. The maximum Gasteiger partial charge on any atom is 0.303 e. The molecule has 2 heteroatoms. The molecular formula is C7H8O2. The molecule has 0 atom stereocenters. The number of hydrogen-bond donors (Lipinski definition) is 1. The van der Waals surface area contributed by atoms with Crippen molar-refractivity contribution in [2.24, 2.45) is 0 Å². The van der Waals surface area contributed by atoms with Crippen molar-refractivity contribution < 1.29 is 9.90 Å². The average molecular weight is 124 g/mol. The van der Waals surface area contributed by atoms with Crippen LogP contribution in [-0.4, -0.2) is 11.1 Å². The summed E-state index contributed by atoms with van der Waals surface area (Å²) in [7, 11) is 0. The highest BCUT2D eigenvalue weighted by molar-refractivity contribution is 5.66. The molecule has 0 radical (unpaired) electrons. The van der Waals surface area contributed by atoms with E-state index in [0.29, 0.717) is 6.42 Å². The third kappa shape index (κ3) is 6.77. The number of rotatable bonds is 3. The Kier molecular flexibility index (Phi) is 4.25. The zero-order valence-corrected chi connectivity index (χ0v) is 5.00. The fourth-order valence-corrected chi connectivity index (χ4v) is 0.358. The molecule has 48 valence electrons. The van der Waals surface area contributed by atoms with Crippen molar-refractivity contribution in [2.45, 2.75) is 12.8 Å². The lowest BCUT2D eigenvalue weighted by atomic mass is 10.3. The summed E-state index contributed by atoms with van der Waals surface area (Å²) < 4.78 is 0. The van der Waals surface area contributed by atoms with Gasteiger partial charge in [0.2, 0.25) is 0 Å². The van der Waals surface area contributed by atoms with Crippen molar-refractivity contribution in [1.82, 2.24) is 0 Å². The number of aliphatic carboxylic acids is 1. The standard InChI is InChI=1S/C7H8O2/c1-2-3-4-5-6-7(8)9/h1,3-4H,5-6H2,(H,8,9). The molecule has 2 nitrogen and oxygen atoms in total. The Morgan fingerprint density at radius 1 is 1.78 bits per heavy atom. The maximum atomic E-state index is 9.88. The molecule has 0 fully saturated rings. The molecule has 0 saturated heterocycles. The van der Waals surface area contributed by atoms with Gasteiger partial charge in [-0.1, -0.05) is 12.0 Å². The van der Waals surface area contributed by atoms with Crippen LogP contribution in [0.5, 0.6) is 0 Å². The summed E-state index contributed by atoms with van der Waals surface area (Å²) in [6, 6.07) is 0. The number of carboxylic acid groups (broad SMARTS) is 1. The van der Waals surface area contributed by atoms with E-state index in [2.05, 4.69) is 5.92 Å². The largest absolute Gasteiger partial charge is 0.481 e. The molecular weight excluding hydrogens is 116 g/mol. The van der Waals surface area contributed by atoms with E-state index in [-0.39, 0.29) is 6.42 Å². The van der Waals surface area contributed by atoms with Crippen LogP contribution in [0.2, 0.25) is 0 Å². The highest BCUT2D eigenvalue weighted by Gasteiger charge is 1.90. The maximum absolute atomic E-state index is 9.88. The monoisotopic (exact) mass is 124 g/mol. The predicted octanol–water partition coefficient (Wildman–Crippen LogP) is 1.04. The lowest BCUT2D eigenvalue weighted by molar-refractivity contribution is -0.136. The van der Waals surface area contributed by atoms with Gasteiger partial charge in [0.25, 0.3) is 0 Å². The second-order valence-electron chi connectivity index (χ2n) is 1.50. The zero-order chi connectivity index (χ0) is 7.11. The molecule has 0 saturated carbocycles. The number of carboxylic acids is 1. The Morgan fingerprint density at radius 2 is 2.44 bits per heavy atom. The number of terminal acetylenes is 1. The minimum atomic E-state index is -0.795. The van der Waals surface area contributed by atoms with E-state index in [4.69, 9.17) is 11.5 Å². The molecule has 0 aromatic rings. The van der Waals surface area contributed by atoms with Gasteiger partial charge in [-0.05, 0) is 12.5 Å². The fourth-order valence-electron chi connectivity index (χ4n) is 0.358. The molecule has 0 aliphatic heterocycles. The van der Waals surface area contributed by atoms with Crippen LogP contribution in [0, 0.1) is 12.3 Å². The predicted molar refractivity (Wildman–Crippen MR) is 34.8 cm³/mol. The van der Waals surface area contributed by atoms with Crippen LogP contribution in [0.25, 0.3) is 0 Å². The van der Waals surface area contributed by atoms with Gasteiger partial charge in [0.05, 0.1) is 0 Å². The third-order valence-corrected chi connectivity index (χ3v) is 0.739. The first kappa shape index (κ1) is 7.77. The van der Waals surface area contributed by atoms with Crippen LogP contribution < -0.4 is 0 Å². The molecule has 0 amide bonds. The third-order valence-electron chi connectivity index (χ3n) is 0.739. The molecule has 0 unspecified atom stereocenters. The molecule has 9 heavy (non-hydrogen) atoms. The van der Waals surface area contributed by atoms with E-state index >= 15 is 0 Å². The van der Waals surface area contributed by atoms with E-state index in [1.54, 1.807) is 6.08 Å². The summed E-state index contributed by atoms with van der Waals surface area (Å²) in [5.41, 5.74) is 0. The summed E-state index contributed by atoms with van der Waals surface area (Å²) in [5, 5.41) is 8.13.